The summed E-state index contributed by atoms with van der Waals surface area (Å²) in [5.74, 6) is -2.52. The number of aliphatic carboxylic acids is 1. The van der Waals surface area contributed by atoms with Crippen molar-refractivity contribution < 1.29 is 24.2 Å². The van der Waals surface area contributed by atoms with Gasteiger partial charge in [0.2, 0.25) is 5.91 Å². The second-order valence-electron chi connectivity index (χ2n) is 5.13. The molecule has 1 aliphatic rings. The lowest BCUT2D eigenvalue weighted by Crippen LogP contribution is -2.20. The minimum atomic E-state index is -1.45. The van der Waals surface area contributed by atoms with Crippen LogP contribution in [0.3, 0.4) is 0 Å². The number of ether oxygens (including phenoxy) is 1. The van der Waals surface area contributed by atoms with E-state index in [1.165, 1.54) is 11.3 Å². The van der Waals surface area contributed by atoms with Gasteiger partial charge in [0.15, 0.2) is 0 Å². The van der Waals surface area contributed by atoms with E-state index >= 15 is 0 Å². The average Bonchev–Trinajstić information content (AvgIpc) is 2.66. The zero-order chi connectivity index (χ0) is 16.8. The maximum atomic E-state index is 12.3. The van der Waals surface area contributed by atoms with Gasteiger partial charge in [0.25, 0.3) is 0 Å². The van der Waals surface area contributed by atoms with Gasteiger partial charge in [-0.05, 0) is 44.2 Å². The second kappa shape index (κ2) is 7.92. The van der Waals surface area contributed by atoms with Gasteiger partial charge in [-0.2, -0.15) is 0 Å². The number of nitrogens with one attached hydrogen (secondary N) is 1. The molecule has 0 spiro atoms. The Kier molecular flexibility index (Phi) is 5.92. The molecule has 23 heavy (non-hydrogen) atoms. The molecule has 1 amide bonds. The minimum absolute atomic E-state index is 0.251. The molecule has 0 saturated heterocycles. The zero-order valence-electron chi connectivity index (χ0n) is 12.8. The number of hydrogen-bond acceptors (Lipinski definition) is 6. The van der Waals surface area contributed by atoms with Crippen LogP contribution in [0.15, 0.2) is 12.2 Å². The normalized spacial score (nSPS) is 14.1. The molecule has 1 aliphatic carbocycles. The van der Waals surface area contributed by atoms with Gasteiger partial charge in [-0.3, -0.25) is 4.79 Å². The largest absolute Gasteiger partial charge is 0.545 e. The van der Waals surface area contributed by atoms with Gasteiger partial charge in [0.1, 0.15) is 5.00 Å². The molecule has 0 aromatic carbocycles. The molecule has 1 aromatic rings. The van der Waals surface area contributed by atoms with E-state index in [2.05, 4.69) is 5.32 Å². The molecule has 124 valence electrons. The third-order valence-electron chi connectivity index (χ3n) is 3.51. The van der Waals surface area contributed by atoms with Crippen molar-refractivity contribution in [1.82, 2.24) is 0 Å². The fraction of sp³-hybridized carbons (Fsp3) is 0.438. The molecule has 1 aromatic heterocycles. The van der Waals surface area contributed by atoms with Crippen LogP contribution in [0.4, 0.5) is 5.00 Å². The summed E-state index contributed by atoms with van der Waals surface area (Å²) >= 11 is 1.36. The van der Waals surface area contributed by atoms with Crippen LogP contribution in [-0.2, 0) is 27.2 Å². The number of carbonyl (C=O) groups excluding carboxylic acids is 3. The van der Waals surface area contributed by atoms with Crippen LogP contribution in [-0.4, -0.2) is 24.5 Å². The Hall–Kier alpha value is -2.15. The van der Waals surface area contributed by atoms with E-state index in [0.29, 0.717) is 16.6 Å². The molecule has 0 atom stereocenters. The first kappa shape index (κ1) is 17.2. The third-order valence-corrected chi connectivity index (χ3v) is 4.72. The number of amides is 1. The first-order valence-corrected chi connectivity index (χ1v) is 8.36. The van der Waals surface area contributed by atoms with E-state index < -0.39 is 17.8 Å². The zero-order valence-corrected chi connectivity index (χ0v) is 13.7. The molecule has 1 N–H and O–H groups in total. The number of thiophene rings is 1. The summed E-state index contributed by atoms with van der Waals surface area (Å²) in [6.45, 7) is 1.98. The lowest BCUT2D eigenvalue weighted by atomic mass is 10.1. The predicted molar refractivity (Wildman–Crippen MR) is 84.3 cm³/mol. The lowest BCUT2D eigenvalue weighted by molar-refractivity contribution is -0.297. The highest BCUT2D eigenvalue weighted by molar-refractivity contribution is 7.17. The van der Waals surface area contributed by atoms with Crippen LogP contribution >= 0.6 is 11.3 Å². The van der Waals surface area contributed by atoms with E-state index in [9.17, 15) is 19.5 Å². The predicted octanol–water partition coefficient (Wildman–Crippen LogP) is 1.44. The van der Waals surface area contributed by atoms with Gasteiger partial charge < -0.3 is 20.0 Å². The maximum Gasteiger partial charge on any atom is 0.341 e. The molecular formula is C16H18NO5S-. The number of esters is 1. The monoisotopic (exact) mass is 336 g/mol. The summed E-state index contributed by atoms with van der Waals surface area (Å²) < 4.78 is 5.11. The first-order valence-electron chi connectivity index (χ1n) is 7.54. The number of aryl methyl sites for hydroxylation is 1. The Bertz CT molecular complexity index is 647. The Morgan fingerprint density at radius 1 is 1.22 bits per heavy atom. The number of carboxylic acid groups (broad SMARTS) is 1. The maximum absolute atomic E-state index is 12.3. The van der Waals surface area contributed by atoms with Crippen molar-refractivity contribution in [3.8, 4) is 0 Å². The summed E-state index contributed by atoms with van der Waals surface area (Å²) in [5, 5.41) is 13.4. The number of anilines is 1. The van der Waals surface area contributed by atoms with Gasteiger partial charge in [0.05, 0.1) is 18.1 Å². The fourth-order valence-corrected chi connectivity index (χ4v) is 3.83. The summed E-state index contributed by atoms with van der Waals surface area (Å²) in [4.78, 5) is 35.5. The second-order valence-corrected chi connectivity index (χ2v) is 6.24. The Morgan fingerprint density at radius 3 is 2.65 bits per heavy atom. The smallest absolute Gasteiger partial charge is 0.341 e. The SMILES string of the molecule is CCOC(=O)c1c(NC(=O)/C=C/C(=O)[O-])sc2c1CCCCC2. The summed E-state index contributed by atoms with van der Waals surface area (Å²) in [6, 6.07) is 0. The van der Waals surface area contributed by atoms with Gasteiger partial charge >= 0.3 is 5.97 Å². The molecule has 1 heterocycles. The Morgan fingerprint density at radius 2 is 1.96 bits per heavy atom. The molecule has 0 saturated carbocycles. The van der Waals surface area contributed by atoms with Crippen molar-refractivity contribution in [2.45, 2.75) is 39.0 Å². The van der Waals surface area contributed by atoms with E-state index in [-0.39, 0.29) is 6.61 Å². The summed E-state index contributed by atoms with van der Waals surface area (Å²) in [7, 11) is 0. The summed E-state index contributed by atoms with van der Waals surface area (Å²) in [6.07, 6.45) is 6.33. The highest BCUT2D eigenvalue weighted by Crippen LogP contribution is 2.38. The minimum Gasteiger partial charge on any atom is -0.545 e. The van der Waals surface area contributed by atoms with E-state index in [0.717, 1.165) is 48.6 Å². The van der Waals surface area contributed by atoms with Gasteiger partial charge in [-0.15, -0.1) is 11.3 Å². The quantitative estimate of drug-likeness (QED) is 0.499. The number of hydrogen-bond donors (Lipinski definition) is 1. The van der Waals surface area contributed by atoms with Crippen LogP contribution < -0.4 is 10.4 Å². The third kappa shape index (κ3) is 4.41. The highest BCUT2D eigenvalue weighted by Gasteiger charge is 2.26. The fourth-order valence-electron chi connectivity index (χ4n) is 2.55. The van der Waals surface area contributed by atoms with E-state index in [4.69, 9.17) is 4.74 Å². The molecule has 0 fully saturated rings. The number of rotatable bonds is 5. The van der Waals surface area contributed by atoms with Crippen LogP contribution in [0.5, 0.6) is 0 Å². The topological polar surface area (TPSA) is 95.5 Å². The van der Waals surface area contributed by atoms with Gasteiger partial charge in [0, 0.05) is 11.0 Å². The molecule has 0 unspecified atom stereocenters. The molecule has 2 rings (SSSR count). The Balaban J connectivity index is 2.32. The van der Waals surface area contributed by atoms with Crippen molar-refractivity contribution in [2.75, 3.05) is 11.9 Å². The lowest BCUT2D eigenvalue weighted by Gasteiger charge is -2.07. The van der Waals surface area contributed by atoms with Gasteiger partial charge in [-0.25, -0.2) is 4.79 Å². The van der Waals surface area contributed by atoms with Crippen LogP contribution in [0.1, 0.15) is 47.0 Å². The molecule has 0 bridgehead atoms. The molecular weight excluding hydrogens is 318 g/mol. The number of fused-ring (bicyclic) bond motifs is 1. The van der Waals surface area contributed by atoms with E-state index in [1.54, 1.807) is 6.92 Å². The average molecular weight is 336 g/mol. The number of carbonyl (C=O) groups is 3. The highest BCUT2D eigenvalue weighted by atomic mass is 32.1. The van der Waals surface area contributed by atoms with Crippen molar-refractivity contribution in [2.24, 2.45) is 0 Å². The molecule has 7 heteroatoms. The van der Waals surface area contributed by atoms with Crippen molar-refractivity contribution in [3.63, 3.8) is 0 Å². The molecule has 0 radical (unpaired) electrons. The van der Waals surface area contributed by atoms with Crippen LogP contribution in [0, 0.1) is 0 Å². The van der Waals surface area contributed by atoms with Crippen molar-refractivity contribution in [3.05, 3.63) is 28.2 Å². The molecule has 0 aliphatic heterocycles. The standard InChI is InChI=1S/C16H19NO5S/c1-2-22-16(21)14-10-6-4-3-5-7-11(10)23-15(14)17-12(18)8-9-13(19)20/h8-9H,2-7H2,1H3,(H,17,18)(H,19,20)/p-1/b9-8+. The first-order chi connectivity index (χ1) is 11.0. The number of carboxylic acids is 1. The van der Waals surface area contributed by atoms with E-state index in [1.807, 2.05) is 0 Å². The van der Waals surface area contributed by atoms with Crippen molar-refractivity contribution in [1.29, 1.82) is 0 Å². The Labute approximate surface area is 138 Å². The van der Waals surface area contributed by atoms with Crippen LogP contribution in [0.25, 0.3) is 0 Å². The van der Waals surface area contributed by atoms with Crippen molar-refractivity contribution >= 4 is 34.2 Å². The van der Waals surface area contributed by atoms with Gasteiger partial charge in [-0.1, -0.05) is 6.42 Å². The van der Waals surface area contributed by atoms with Crippen LogP contribution in [0.2, 0.25) is 0 Å². The summed E-state index contributed by atoms with van der Waals surface area (Å²) in [5.41, 5.74) is 1.36. The molecule has 6 nitrogen and oxygen atoms in total.